The number of nitrogens with one attached hydrogen (secondary N) is 1. The molecule has 0 spiro atoms. The summed E-state index contributed by atoms with van der Waals surface area (Å²) in [5.41, 5.74) is 2.05. The minimum Gasteiger partial charge on any atom is -0.352 e. The molecule has 140 valence electrons. The highest BCUT2D eigenvalue weighted by molar-refractivity contribution is 7.99. The molecule has 1 amide bonds. The number of carbonyl (C=O) groups is 1. The lowest BCUT2D eigenvalue weighted by atomic mass is 10.0. The van der Waals surface area contributed by atoms with Crippen molar-refractivity contribution >= 4 is 27.5 Å². The SMILES string of the molecule is CC(C)c1ccc(-n2nnnc2SCC(=O)N[C@@H]2CCS(=O)(=O)C2)cc1. The molecule has 2 heterocycles. The van der Waals surface area contributed by atoms with Crippen molar-refractivity contribution in [2.45, 2.75) is 37.4 Å². The Bertz CT molecular complexity index is 878. The number of hydrogen-bond acceptors (Lipinski definition) is 7. The Morgan fingerprint density at radius 3 is 2.69 bits per heavy atom. The summed E-state index contributed by atoms with van der Waals surface area (Å²) in [5.74, 6) is 0.497. The van der Waals surface area contributed by atoms with Crippen molar-refractivity contribution in [1.82, 2.24) is 25.5 Å². The van der Waals surface area contributed by atoms with Crippen molar-refractivity contribution in [1.29, 1.82) is 0 Å². The third-order valence-corrected chi connectivity index (χ3v) is 6.86. The largest absolute Gasteiger partial charge is 0.352 e. The number of tetrazole rings is 1. The van der Waals surface area contributed by atoms with Crippen LogP contribution >= 0.6 is 11.8 Å². The Labute approximate surface area is 156 Å². The molecule has 0 aliphatic carbocycles. The lowest BCUT2D eigenvalue weighted by Gasteiger charge is -2.10. The second-order valence-electron chi connectivity index (χ2n) is 6.58. The zero-order chi connectivity index (χ0) is 18.7. The summed E-state index contributed by atoms with van der Waals surface area (Å²) in [4.78, 5) is 12.1. The molecule has 2 aromatic rings. The van der Waals surface area contributed by atoms with Gasteiger partial charge >= 0.3 is 0 Å². The molecule has 0 saturated carbocycles. The minimum atomic E-state index is -3.01. The first-order valence-electron chi connectivity index (χ1n) is 8.35. The van der Waals surface area contributed by atoms with Gasteiger partial charge in [0.05, 0.1) is 22.9 Å². The number of amides is 1. The zero-order valence-electron chi connectivity index (χ0n) is 14.6. The second-order valence-corrected chi connectivity index (χ2v) is 9.75. The van der Waals surface area contributed by atoms with Gasteiger partial charge in [0.1, 0.15) is 0 Å². The van der Waals surface area contributed by atoms with Crippen molar-refractivity contribution in [3.05, 3.63) is 29.8 Å². The first-order valence-corrected chi connectivity index (χ1v) is 11.2. The average Bonchev–Trinajstić information content (AvgIpc) is 3.19. The van der Waals surface area contributed by atoms with Gasteiger partial charge < -0.3 is 5.32 Å². The van der Waals surface area contributed by atoms with Crippen LogP contribution in [0.5, 0.6) is 0 Å². The van der Waals surface area contributed by atoms with Gasteiger partial charge in [-0.15, -0.1) is 5.10 Å². The summed E-state index contributed by atoms with van der Waals surface area (Å²) in [7, 11) is -3.01. The van der Waals surface area contributed by atoms with Crippen LogP contribution in [-0.4, -0.2) is 57.8 Å². The highest BCUT2D eigenvalue weighted by atomic mass is 32.2. The maximum absolute atomic E-state index is 12.1. The van der Waals surface area contributed by atoms with E-state index in [1.165, 1.54) is 17.3 Å². The molecular weight excluding hydrogens is 374 g/mol. The van der Waals surface area contributed by atoms with E-state index < -0.39 is 9.84 Å². The highest BCUT2D eigenvalue weighted by Crippen LogP contribution is 2.21. The number of thioether (sulfide) groups is 1. The lowest BCUT2D eigenvalue weighted by molar-refractivity contribution is -0.119. The maximum atomic E-state index is 12.1. The molecule has 1 saturated heterocycles. The van der Waals surface area contributed by atoms with Gasteiger partial charge in [-0.05, 0) is 40.5 Å². The monoisotopic (exact) mass is 395 g/mol. The quantitative estimate of drug-likeness (QED) is 0.732. The summed E-state index contributed by atoms with van der Waals surface area (Å²) >= 11 is 1.22. The molecule has 1 aliphatic heterocycles. The molecule has 26 heavy (non-hydrogen) atoms. The molecule has 0 unspecified atom stereocenters. The molecule has 1 atom stereocenters. The van der Waals surface area contributed by atoms with Crippen LogP contribution in [0.25, 0.3) is 5.69 Å². The Morgan fingerprint density at radius 2 is 2.08 bits per heavy atom. The standard InChI is InChI=1S/C16H21N5O3S2/c1-11(2)12-3-5-14(6-4-12)21-16(18-19-20-21)25-9-15(22)17-13-7-8-26(23,24)10-13/h3-6,11,13H,7-10H2,1-2H3,(H,17,22)/t13-/m1/s1. The van der Waals surface area contributed by atoms with Crippen LogP contribution in [0, 0.1) is 0 Å². The summed E-state index contributed by atoms with van der Waals surface area (Å²) in [6.45, 7) is 4.25. The Morgan fingerprint density at radius 1 is 1.35 bits per heavy atom. The number of carbonyl (C=O) groups excluding carboxylic acids is 1. The van der Waals surface area contributed by atoms with Crippen LogP contribution in [0.2, 0.25) is 0 Å². The van der Waals surface area contributed by atoms with Gasteiger partial charge in [0.15, 0.2) is 9.84 Å². The van der Waals surface area contributed by atoms with Gasteiger partial charge in [0, 0.05) is 6.04 Å². The number of rotatable bonds is 6. The molecule has 1 N–H and O–H groups in total. The smallest absolute Gasteiger partial charge is 0.230 e. The highest BCUT2D eigenvalue weighted by Gasteiger charge is 2.28. The number of sulfone groups is 1. The average molecular weight is 396 g/mol. The maximum Gasteiger partial charge on any atom is 0.230 e. The van der Waals surface area contributed by atoms with Gasteiger partial charge in [-0.25, -0.2) is 8.42 Å². The van der Waals surface area contributed by atoms with Crippen LogP contribution in [0.1, 0.15) is 31.7 Å². The van der Waals surface area contributed by atoms with Gasteiger partial charge in [-0.3, -0.25) is 4.79 Å². The molecule has 1 fully saturated rings. The summed E-state index contributed by atoms with van der Waals surface area (Å²) in [5, 5.41) is 14.9. The van der Waals surface area contributed by atoms with E-state index in [4.69, 9.17) is 0 Å². The molecular formula is C16H21N5O3S2. The van der Waals surface area contributed by atoms with Crippen LogP contribution < -0.4 is 5.32 Å². The Kier molecular flexibility index (Phi) is 5.61. The third-order valence-electron chi connectivity index (χ3n) is 4.18. The Balaban J connectivity index is 1.59. The molecule has 1 aromatic carbocycles. The number of benzene rings is 1. The van der Waals surface area contributed by atoms with Crippen LogP contribution in [0.4, 0.5) is 0 Å². The number of nitrogens with zero attached hydrogens (tertiary/aromatic N) is 4. The summed E-state index contributed by atoms with van der Waals surface area (Å²) in [6, 6.07) is 7.65. The van der Waals surface area contributed by atoms with Crippen LogP contribution in [0.3, 0.4) is 0 Å². The topological polar surface area (TPSA) is 107 Å². The van der Waals surface area contributed by atoms with Crippen molar-refractivity contribution in [2.24, 2.45) is 0 Å². The van der Waals surface area contributed by atoms with Crippen molar-refractivity contribution < 1.29 is 13.2 Å². The fourth-order valence-electron chi connectivity index (χ4n) is 2.74. The Hall–Kier alpha value is -1.94. The van der Waals surface area contributed by atoms with Crippen molar-refractivity contribution in [2.75, 3.05) is 17.3 Å². The molecule has 10 heteroatoms. The molecule has 8 nitrogen and oxygen atoms in total. The summed E-state index contributed by atoms with van der Waals surface area (Å²) in [6.07, 6.45) is 0.471. The van der Waals surface area contributed by atoms with Gasteiger partial charge in [0.25, 0.3) is 0 Å². The minimum absolute atomic E-state index is 0.0172. The molecule has 0 radical (unpaired) electrons. The number of aromatic nitrogens is 4. The van der Waals surface area contributed by atoms with E-state index in [1.807, 2.05) is 24.3 Å². The van der Waals surface area contributed by atoms with E-state index in [-0.39, 0.29) is 29.2 Å². The number of hydrogen-bond donors (Lipinski definition) is 1. The van der Waals surface area contributed by atoms with E-state index in [0.29, 0.717) is 17.5 Å². The first-order chi connectivity index (χ1) is 12.3. The normalized spacial score (nSPS) is 19.0. The van der Waals surface area contributed by atoms with Crippen LogP contribution in [-0.2, 0) is 14.6 Å². The fourth-order valence-corrected chi connectivity index (χ4v) is 5.12. The predicted octanol–water partition coefficient (Wildman–Crippen LogP) is 1.18. The van der Waals surface area contributed by atoms with Crippen LogP contribution in [0.15, 0.2) is 29.4 Å². The van der Waals surface area contributed by atoms with Gasteiger partial charge in [-0.2, -0.15) is 4.68 Å². The predicted molar refractivity (Wildman–Crippen MR) is 99.2 cm³/mol. The van der Waals surface area contributed by atoms with E-state index >= 15 is 0 Å². The molecule has 1 aromatic heterocycles. The third kappa shape index (κ3) is 4.61. The molecule has 1 aliphatic rings. The van der Waals surface area contributed by atoms with E-state index in [1.54, 1.807) is 4.68 Å². The zero-order valence-corrected chi connectivity index (χ0v) is 16.3. The lowest BCUT2D eigenvalue weighted by Crippen LogP contribution is -2.36. The second kappa shape index (κ2) is 7.75. The van der Waals surface area contributed by atoms with E-state index in [2.05, 4.69) is 34.7 Å². The molecule has 3 rings (SSSR count). The van der Waals surface area contributed by atoms with Crippen molar-refractivity contribution in [3.8, 4) is 5.69 Å². The van der Waals surface area contributed by atoms with Gasteiger partial charge in [0.2, 0.25) is 11.1 Å². The van der Waals surface area contributed by atoms with Gasteiger partial charge in [-0.1, -0.05) is 37.7 Å². The summed E-state index contributed by atoms with van der Waals surface area (Å²) < 4.78 is 24.5. The first kappa shape index (κ1) is 18.8. The fraction of sp³-hybridized carbons (Fsp3) is 0.500. The van der Waals surface area contributed by atoms with E-state index in [0.717, 1.165) is 5.69 Å². The molecule has 0 bridgehead atoms. The van der Waals surface area contributed by atoms with Crippen molar-refractivity contribution in [3.63, 3.8) is 0 Å². The van der Waals surface area contributed by atoms with E-state index in [9.17, 15) is 13.2 Å².